The Morgan fingerprint density at radius 2 is 1.72 bits per heavy atom. The van der Waals surface area contributed by atoms with Gasteiger partial charge in [-0.15, -0.1) is 22.7 Å². The zero-order valence-electron chi connectivity index (χ0n) is 18.6. The van der Waals surface area contributed by atoms with Crippen molar-refractivity contribution < 1.29 is 9.53 Å². The fourth-order valence-corrected chi connectivity index (χ4v) is 5.11. The summed E-state index contributed by atoms with van der Waals surface area (Å²) >= 11 is 3.12. The van der Waals surface area contributed by atoms with Crippen molar-refractivity contribution in [2.24, 2.45) is 0 Å². The first-order valence-corrected chi connectivity index (χ1v) is 12.2. The second-order valence-corrected chi connectivity index (χ2v) is 10.0. The quantitative estimate of drug-likeness (QED) is 0.313. The molecule has 164 valence electrons. The first-order chi connectivity index (χ1) is 15.4. The molecule has 0 aliphatic heterocycles. The fourth-order valence-electron chi connectivity index (χ4n) is 3.34. The zero-order valence-corrected chi connectivity index (χ0v) is 20.3. The number of carbonyl (C=O) groups is 1. The highest BCUT2D eigenvalue weighted by molar-refractivity contribution is 7.19. The SMILES string of the molecule is Cc1ccc(-c2ccc(-c3csc(NC(=O)COc4cc(C)ccc4C(C)C)n3)s2)cc1. The van der Waals surface area contributed by atoms with Crippen LogP contribution in [0.1, 0.15) is 36.5 Å². The van der Waals surface area contributed by atoms with Crippen molar-refractivity contribution in [2.45, 2.75) is 33.6 Å². The molecule has 1 amide bonds. The van der Waals surface area contributed by atoms with Gasteiger partial charge in [0.15, 0.2) is 11.7 Å². The number of benzene rings is 2. The van der Waals surface area contributed by atoms with Crippen molar-refractivity contribution in [2.75, 3.05) is 11.9 Å². The van der Waals surface area contributed by atoms with E-state index in [1.54, 1.807) is 11.3 Å². The summed E-state index contributed by atoms with van der Waals surface area (Å²) < 4.78 is 5.83. The predicted octanol–water partition coefficient (Wildman–Crippen LogP) is 7.30. The van der Waals surface area contributed by atoms with Crippen molar-refractivity contribution in [1.29, 1.82) is 0 Å². The van der Waals surface area contributed by atoms with E-state index >= 15 is 0 Å². The lowest BCUT2D eigenvalue weighted by Gasteiger charge is -2.14. The maximum atomic E-state index is 12.4. The fraction of sp³-hybridized carbons (Fsp3) is 0.231. The molecule has 32 heavy (non-hydrogen) atoms. The van der Waals surface area contributed by atoms with Crippen LogP contribution >= 0.6 is 22.7 Å². The molecule has 2 heterocycles. The molecule has 4 aromatic rings. The number of aryl methyl sites for hydroxylation is 2. The van der Waals surface area contributed by atoms with E-state index in [1.165, 1.54) is 27.3 Å². The molecule has 0 atom stereocenters. The summed E-state index contributed by atoms with van der Waals surface area (Å²) in [5, 5.41) is 5.41. The Balaban J connectivity index is 1.39. The number of aromatic nitrogens is 1. The van der Waals surface area contributed by atoms with Gasteiger partial charge in [-0.2, -0.15) is 0 Å². The first kappa shape index (κ1) is 22.2. The van der Waals surface area contributed by atoms with E-state index in [-0.39, 0.29) is 12.5 Å². The number of amides is 1. The number of rotatable bonds is 7. The summed E-state index contributed by atoms with van der Waals surface area (Å²) in [5.41, 5.74) is 5.52. The van der Waals surface area contributed by atoms with Crippen LogP contribution in [0.3, 0.4) is 0 Å². The minimum atomic E-state index is -0.214. The van der Waals surface area contributed by atoms with Crippen LogP contribution in [0.4, 0.5) is 5.13 Å². The zero-order chi connectivity index (χ0) is 22.7. The smallest absolute Gasteiger partial charge is 0.264 e. The van der Waals surface area contributed by atoms with E-state index in [1.807, 2.05) is 18.4 Å². The molecule has 2 aromatic heterocycles. The number of thiophene rings is 1. The van der Waals surface area contributed by atoms with Gasteiger partial charge >= 0.3 is 0 Å². The number of hydrogen-bond acceptors (Lipinski definition) is 5. The van der Waals surface area contributed by atoms with Crippen molar-refractivity contribution >= 4 is 33.7 Å². The van der Waals surface area contributed by atoms with Crippen molar-refractivity contribution in [3.05, 3.63) is 76.7 Å². The third-order valence-electron chi connectivity index (χ3n) is 5.09. The molecule has 4 rings (SSSR count). The summed E-state index contributed by atoms with van der Waals surface area (Å²) in [6.45, 7) is 8.29. The van der Waals surface area contributed by atoms with E-state index in [9.17, 15) is 4.79 Å². The van der Waals surface area contributed by atoms with E-state index in [2.05, 4.69) is 79.6 Å². The molecular formula is C26H26N2O2S2. The average Bonchev–Trinajstić information content (AvgIpc) is 3.42. The number of hydrogen-bond donors (Lipinski definition) is 1. The minimum absolute atomic E-state index is 0.0470. The normalized spacial score (nSPS) is 11.0. The van der Waals surface area contributed by atoms with Gasteiger partial charge in [-0.25, -0.2) is 4.98 Å². The van der Waals surface area contributed by atoms with E-state index in [4.69, 9.17) is 4.74 Å². The second-order valence-electron chi connectivity index (χ2n) is 8.10. The van der Waals surface area contributed by atoms with Gasteiger partial charge in [-0.05, 0) is 54.7 Å². The highest BCUT2D eigenvalue weighted by Crippen LogP contribution is 2.35. The van der Waals surface area contributed by atoms with E-state index in [0.717, 1.165) is 27.4 Å². The predicted molar refractivity (Wildman–Crippen MR) is 135 cm³/mol. The molecule has 0 saturated heterocycles. The van der Waals surface area contributed by atoms with Crippen LogP contribution in [0.25, 0.3) is 21.0 Å². The summed E-state index contributed by atoms with van der Waals surface area (Å²) in [4.78, 5) is 19.3. The molecule has 0 fully saturated rings. The molecule has 0 spiro atoms. The third kappa shape index (κ3) is 5.26. The number of nitrogens with zero attached hydrogens (tertiary/aromatic N) is 1. The number of carbonyl (C=O) groups excluding carboxylic acids is 1. The van der Waals surface area contributed by atoms with Gasteiger partial charge in [0.05, 0.1) is 10.6 Å². The topological polar surface area (TPSA) is 51.2 Å². The van der Waals surface area contributed by atoms with Crippen molar-refractivity contribution in [3.8, 4) is 26.8 Å². The summed E-state index contributed by atoms with van der Waals surface area (Å²) in [6, 6.07) is 18.8. The summed E-state index contributed by atoms with van der Waals surface area (Å²) in [7, 11) is 0. The van der Waals surface area contributed by atoms with Gasteiger partial charge in [-0.3, -0.25) is 10.1 Å². The summed E-state index contributed by atoms with van der Waals surface area (Å²) in [6.07, 6.45) is 0. The lowest BCUT2D eigenvalue weighted by atomic mass is 10.0. The molecule has 1 N–H and O–H groups in total. The molecule has 4 nitrogen and oxygen atoms in total. The minimum Gasteiger partial charge on any atom is -0.483 e. The lowest BCUT2D eigenvalue weighted by molar-refractivity contribution is -0.118. The molecule has 0 bridgehead atoms. The second kappa shape index (κ2) is 9.67. The van der Waals surface area contributed by atoms with Crippen LogP contribution < -0.4 is 10.1 Å². The molecule has 6 heteroatoms. The number of anilines is 1. The van der Waals surface area contributed by atoms with Gasteiger partial charge in [0.25, 0.3) is 5.91 Å². The monoisotopic (exact) mass is 462 g/mol. The van der Waals surface area contributed by atoms with Crippen LogP contribution in [0.2, 0.25) is 0 Å². The number of ether oxygens (including phenoxy) is 1. The summed E-state index contributed by atoms with van der Waals surface area (Å²) in [5.74, 6) is 0.872. The number of nitrogens with one attached hydrogen (secondary N) is 1. The number of thiazole rings is 1. The van der Waals surface area contributed by atoms with Crippen molar-refractivity contribution in [1.82, 2.24) is 4.98 Å². The van der Waals surface area contributed by atoms with E-state index in [0.29, 0.717) is 11.0 Å². The molecule has 0 aliphatic carbocycles. The van der Waals surface area contributed by atoms with Crippen molar-refractivity contribution in [3.63, 3.8) is 0 Å². The van der Waals surface area contributed by atoms with Gasteiger partial charge in [-0.1, -0.05) is 55.8 Å². The van der Waals surface area contributed by atoms with Crippen LogP contribution in [0.5, 0.6) is 5.75 Å². The maximum absolute atomic E-state index is 12.4. The van der Waals surface area contributed by atoms with Crippen LogP contribution in [0, 0.1) is 13.8 Å². The Morgan fingerprint density at radius 3 is 2.47 bits per heavy atom. The Hall–Kier alpha value is -2.96. The molecular weight excluding hydrogens is 436 g/mol. The van der Waals surface area contributed by atoms with Gasteiger partial charge in [0.1, 0.15) is 5.75 Å². The Kier molecular flexibility index (Phi) is 6.72. The van der Waals surface area contributed by atoms with Crippen LogP contribution in [-0.2, 0) is 4.79 Å². The van der Waals surface area contributed by atoms with Gasteiger partial charge in [0.2, 0.25) is 0 Å². The van der Waals surface area contributed by atoms with E-state index < -0.39 is 0 Å². The first-order valence-electron chi connectivity index (χ1n) is 10.5. The molecule has 0 saturated carbocycles. The molecule has 2 aromatic carbocycles. The molecule has 0 unspecified atom stereocenters. The Bertz CT molecular complexity index is 1220. The largest absolute Gasteiger partial charge is 0.483 e. The Morgan fingerprint density at radius 1 is 1.00 bits per heavy atom. The van der Waals surface area contributed by atoms with Crippen LogP contribution in [-0.4, -0.2) is 17.5 Å². The van der Waals surface area contributed by atoms with Gasteiger partial charge in [0, 0.05) is 10.3 Å². The van der Waals surface area contributed by atoms with Gasteiger partial charge < -0.3 is 4.74 Å². The standard InChI is InChI=1S/C26H26N2O2S2/c1-16(2)20-10-7-18(4)13-22(20)30-14-25(29)28-26-27-21(15-31-26)24-12-11-23(32-24)19-8-5-17(3)6-9-19/h5-13,15-16H,14H2,1-4H3,(H,27,28,29). The highest BCUT2D eigenvalue weighted by atomic mass is 32.1. The molecule has 0 aliphatic rings. The van der Waals surface area contributed by atoms with Crippen LogP contribution in [0.15, 0.2) is 60.0 Å². The molecule has 0 radical (unpaired) electrons. The maximum Gasteiger partial charge on any atom is 0.264 e. The average molecular weight is 463 g/mol. The lowest BCUT2D eigenvalue weighted by Crippen LogP contribution is -2.20. The Labute approximate surface area is 196 Å². The third-order valence-corrected chi connectivity index (χ3v) is 7.01. The highest BCUT2D eigenvalue weighted by Gasteiger charge is 2.13.